The third kappa shape index (κ3) is 3.91. The maximum Gasteiger partial charge on any atom is 0.303 e. The normalized spacial score (nSPS) is 14.0. The quantitative estimate of drug-likeness (QED) is 0.504. The maximum absolute atomic E-state index is 14.2. The van der Waals surface area contributed by atoms with Crippen molar-refractivity contribution in [3.63, 3.8) is 0 Å². The molecule has 0 aromatic carbocycles. The number of fused-ring (bicyclic) bond motifs is 1. The van der Waals surface area contributed by atoms with Gasteiger partial charge in [0.2, 0.25) is 11.7 Å². The second-order valence-corrected chi connectivity index (χ2v) is 7.92. The summed E-state index contributed by atoms with van der Waals surface area (Å²) in [6, 6.07) is 5.07. The van der Waals surface area contributed by atoms with Crippen LogP contribution in [0.5, 0.6) is 0 Å². The third-order valence-corrected chi connectivity index (χ3v) is 5.14. The zero-order valence-electron chi connectivity index (χ0n) is 17.4. The molecule has 10 heteroatoms. The van der Waals surface area contributed by atoms with Gasteiger partial charge < -0.3 is 9.88 Å². The highest BCUT2D eigenvalue weighted by atomic mass is 19.3. The molecule has 4 heterocycles. The Hall–Kier alpha value is -3.82. The topological polar surface area (TPSA) is 98.5 Å². The summed E-state index contributed by atoms with van der Waals surface area (Å²) in [5.41, 5.74) is 1.48. The molecule has 0 bridgehead atoms. The summed E-state index contributed by atoms with van der Waals surface area (Å²) in [6.07, 6.45) is 8.66. The van der Waals surface area contributed by atoms with E-state index in [4.69, 9.17) is 0 Å². The Morgan fingerprint density at radius 1 is 1.12 bits per heavy atom. The number of anilines is 1. The smallest absolute Gasteiger partial charge is 0.303 e. The Morgan fingerprint density at radius 2 is 1.88 bits per heavy atom. The van der Waals surface area contributed by atoms with Crippen LogP contribution in [0, 0.1) is 0 Å². The van der Waals surface area contributed by atoms with Crippen LogP contribution in [-0.4, -0.2) is 35.4 Å². The molecule has 32 heavy (non-hydrogen) atoms. The van der Waals surface area contributed by atoms with E-state index in [9.17, 15) is 13.6 Å². The van der Waals surface area contributed by atoms with Crippen LogP contribution >= 0.6 is 0 Å². The Kier molecular flexibility index (Phi) is 4.65. The molecule has 0 atom stereocenters. The first-order valence-electron chi connectivity index (χ1n) is 10.1. The van der Waals surface area contributed by atoms with Gasteiger partial charge in [-0.05, 0) is 18.9 Å². The van der Waals surface area contributed by atoms with Crippen LogP contribution < -0.4 is 5.32 Å². The Morgan fingerprint density at radius 3 is 2.53 bits per heavy atom. The molecule has 0 spiro atoms. The third-order valence-electron chi connectivity index (χ3n) is 5.14. The van der Waals surface area contributed by atoms with Crippen LogP contribution in [0.2, 0.25) is 0 Å². The van der Waals surface area contributed by atoms with Crippen molar-refractivity contribution < 1.29 is 13.6 Å². The number of amides is 1. The van der Waals surface area contributed by atoms with Gasteiger partial charge in [0.25, 0.3) is 0 Å². The summed E-state index contributed by atoms with van der Waals surface area (Å²) >= 11 is 0. The summed E-state index contributed by atoms with van der Waals surface area (Å²) in [6.45, 7) is 2.14. The fourth-order valence-corrected chi connectivity index (χ4v) is 3.40. The van der Waals surface area contributed by atoms with Crippen LogP contribution in [0.3, 0.4) is 0 Å². The molecule has 1 saturated carbocycles. The molecule has 162 valence electrons. The molecule has 0 unspecified atom stereocenters. The molecule has 1 fully saturated rings. The van der Waals surface area contributed by atoms with Crippen molar-refractivity contribution >= 4 is 22.6 Å². The largest absolute Gasteiger partial charge is 0.311 e. The fourth-order valence-electron chi connectivity index (χ4n) is 3.40. The van der Waals surface area contributed by atoms with Gasteiger partial charge in [-0.15, -0.1) is 0 Å². The number of nitrogens with zero attached hydrogens (tertiary/aromatic N) is 6. The van der Waals surface area contributed by atoms with E-state index in [1.807, 2.05) is 0 Å². The number of nitrogens with one attached hydrogen (secondary N) is 1. The summed E-state index contributed by atoms with van der Waals surface area (Å²) in [4.78, 5) is 32.5. The van der Waals surface area contributed by atoms with Gasteiger partial charge in [-0.2, -0.15) is 8.78 Å². The Balaban J connectivity index is 1.63. The fraction of sp³-hybridized carbons (Fsp3) is 0.273. The number of pyridine rings is 1. The molecule has 1 aliphatic rings. The second-order valence-electron chi connectivity index (χ2n) is 7.92. The van der Waals surface area contributed by atoms with Crippen molar-refractivity contribution in [3.8, 4) is 17.1 Å². The first-order chi connectivity index (χ1) is 15.3. The van der Waals surface area contributed by atoms with Gasteiger partial charge in [-0.3, -0.25) is 4.79 Å². The highest BCUT2D eigenvalue weighted by molar-refractivity contribution is 5.91. The van der Waals surface area contributed by atoms with E-state index in [-0.39, 0.29) is 11.7 Å². The van der Waals surface area contributed by atoms with E-state index in [1.54, 1.807) is 47.6 Å². The summed E-state index contributed by atoms with van der Waals surface area (Å²) in [5, 5.41) is 3.39. The minimum Gasteiger partial charge on any atom is -0.311 e. The van der Waals surface area contributed by atoms with Crippen LogP contribution in [0.1, 0.15) is 44.3 Å². The number of rotatable bonds is 5. The lowest BCUT2D eigenvalue weighted by atomic mass is 10.2. The molecule has 0 radical (unpaired) electrons. The SMILES string of the molecule is CC(=O)Nc1cc2c(ccn2-c2cc(-c3cnc(C4CC4)nc3)nc(C(C)(F)F)n2)cn1. The maximum atomic E-state index is 14.2. The van der Waals surface area contributed by atoms with Crippen LogP contribution in [0.25, 0.3) is 28.0 Å². The van der Waals surface area contributed by atoms with Crippen molar-refractivity contribution in [2.75, 3.05) is 5.32 Å². The highest BCUT2D eigenvalue weighted by Crippen LogP contribution is 2.38. The van der Waals surface area contributed by atoms with Crippen LogP contribution in [-0.2, 0) is 10.7 Å². The van der Waals surface area contributed by atoms with Gasteiger partial charge in [0, 0.05) is 67.6 Å². The van der Waals surface area contributed by atoms with E-state index in [2.05, 4.69) is 30.2 Å². The van der Waals surface area contributed by atoms with Crippen molar-refractivity contribution in [3.05, 3.63) is 54.6 Å². The van der Waals surface area contributed by atoms with Crippen LogP contribution in [0.4, 0.5) is 14.6 Å². The lowest BCUT2D eigenvalue weighted by molar-refractivity contribution is -0.114. The van der Waals surface area contributed by atoms with Gasteiger partial charge in [0.1, 0.15) is 17.5 Å². The standard InChI is InChI=1S/C22H19F2N7O/c1-12(32)28-18-8-17-14(9-25-18)5-6-31(17)19-7-16(29-21(30-19)22(2,23)24)15-10-26-20(27-11-15)13-3-4-13/h5-11,13H,3-4H2,1-2H3,(H,25,28,32). The van der Waals surface area contributed by atoms with E-state index in [0.29, 0.717) is 28.5 Å². The van der Waals surface area contributed by atoms with Crippen molar-refractivity contribution in [2.45, 2.75) is 38.5 Å². The van der Waals surface area contributed by atoms with Crippen molar-refractivity contribution in [1.29, 1.82) is 0 Å². The minimum atomic E-state index is -3.24. The minimum absolute atomic E-state index is 0.257. The average molecular weight is 435 g/mol. The first kappa shape index (κ1) is 20.1. The van der Waals surface area contributed by atoms with E-state index in [1.165, 1.54) is 6.92 Å². The molecule has 1 N–H and O–H groups in total. The molecule has 4 aromatic heterocycles. The molecule has 0 saturated heterocycles. The lowest BCUT2D eigenvalue weighted by Crippen LogP contribution is -2.15. The summed E-state index contributed by atoms with van der Waals surface area (Å²) in [7, 11) is 0. The first-order valence-corrected chi connectivity index (χ1v) is 10.1. The van der Waals surface area contributed by atoms with Gasteiger partial charge in [-0.25, -0.2) is 24.9 Å². The molecule has 0 aliphatic heterocycles. The Bertz CT molecular complexity index is 1320. The number of carbonyl (C=O) groups is 1. The predicted octanol–water partition coefficient (Wildman–Crippen LogP) is 4.22. The summed E-state index contributed by atoms with van der Waals surface area (Å²) < 4.78 is 30.2. The molecule has 1 amide bonds. The number of hydrogen-bond donors (Lipinski definition) is 1. The second kappa shape index (κ2) is 7.40. The molecule has 4 aromatic rings. The number of halogens is 2. The summed E-state index contributed by atoms with van der Waals surface area (Å²) in [5.74, 6) is -2.35. The molecule has 8 nitrogen and oxygen atoms in total. The van der Waals surface area contributed by atoms with Gasteiger partial charge in [0.15, 0.2) is 0 Å². The highest BCUT2D eigenvalue weighted by Gasteiger charge is 2.30. The van der Waals surface area contributed by atoms with E-state index in [0.717, 1.165) is 31.0 Å². The zero-order valence-corrected chi connectivity index (χ0v) is 17.4. The van der Waals surface area contributed by atoms with Crippen molar-refractivity contribution in [2.24, 2.45) is 0 Å². The van der Waals surface area contributed by atoms with Crippen molar-refractivity contribution in [1.82, 2.24) is 29.5 Å². The number of hydrogen-bond acceptors (Lipinski definition) is 6. The number of alkyl halides is 2. The van der Waals surface area contributed by atoms with E-state index < -0.39 is 11.7 Å². The number of aromatic nitrogens is 6. The lowest BCUT2D eigenvalue weighted by Gasteiger charge is -2.14. The molecular weight excluding hydrogens is 416 g/mol. The zero-order chi connectivity index (χ0) is 22.5. The van der Waals surface area contributed by atoms with Gasteiger partial charge in [-0.1, -0.05) is 0 Å². The van der Waals surface area contributed by atoms with Gasteiger partial charge in [0.05, 0.1) is 11.2 Å². The Labute approximate surface area is 181 Å². The van der Waals surface area contributed by atoms with Gasteiger partial charge >= 0.3 is 5.92 Å². The monoisotopic (exact) mass is 435 g/mol. The predicted molar refractivity (Wildman–Crippen MR) is 114 cm³/mol. The average Bonchev–Trinajstić information content (AvgIpc) is 3.52. The molecule has 1 aliphatic carbocycles. The molecule has 5 rings (SSSR count). The van der Waals surface area contributed by atoms with E-state index >= 15 is 0 Å². The molecular formula is C22H19F2N7O. The number of carbonyl (C=O) groups excluding carboxylic acids is 1. The van der Waals surface area contributed by atoms with Crippen LogP contribution in [0.15, 0.2) is 43.0 Å².